The number of nitrogens with zero attached hydrogens (tertiary/aromatic N) is 1. The van der Waals surface area contributed by atoms with Gasteiger partial charge >= 0.3 is 11.9 Å². The smallest absolute Gasteiger partial charge is 0.309 e. The van der Waals surface area contributed by atoms with Crippen molar-refractivity contribution >= 4 is 11.9 Å². The fraction of sp³-hybridized carbons (Fsp3) is 0.949. The summed E-state index contributed by atoms with van der Waals surface area (Å²) in [6, 6.07) is 0. The highest BCUT2D eigenvalue weighted by molar-refractivity contribution is 5.81. The van der Waals surface area contributed by atoms with Crippen LogP contribution in [-0.4, -0.2) is 47.7 Å². The van der Waals surface area contributed by atoms with E-state index in [1.54, 1.807) is 13.8 Å². The average molecular weight is 614 g/mol. The molecule has 0 radical (unpaired) electrons. The Morgan fingerprint density at radius 3 is 2.18 bits per heavy atom. The van der Waals surface area contributed by atoms with Gasteiger partial charge in [0.1, 0.15) is 6.10 Å². The second-order valence-electron chi connectivity index (χ2n) is 18.4. The first-order valence-electron chi connectivity index (χ1n) is 18.7. The zero-order chi connectivity index (χ0) is 32.3. The SMILES string of the molecule is CCN(CC)CCC[C@]12CCC[C@@H]1[C@H]1CCC3[C@@]4(C)CC[C@H](OC(=O)CC(C)(C)C(=O)O)C(C)(C)C4CC[C@@]3(C)[C@]1(C)CC2. The largest absolute Gasteiger partial charge is 0.481 e. The van der Waals surface area contributed by atoms with Gasteiger partial charge in [-0.2, -0.15) is 0 Å². The predicted molar refractivity (Wildman–Crippen MR) is 178 cm³/mol. The summed E-state index contributed by atoms with van der Waals surface area (Å²) in [5.41, 5.74) is 0.405. The van der Waals surface area contributed by atoms with Crippen LogP contribution in [0.4, 0.5) is 0 Å². The van der Waals surface area contributed by atoms with Crippen LogP contribution in [0.3, 0.4) is 0 Å². The van der Waals surface area contributed by atoms with Crippen LogP contribution in [0.25, 0.3) is 0 Å². The Labute approximate surface area is 270 Å². The van der Waals surface area contributed by atoms with Crippen molar-refractivity contribution in [2.75, 3.05) is 19.6 Å². The van der Waals surface area contributed by atoms with E-state index in [1.807, 2.05) is 0 Å². The summed E-state index contributed by atoms with van der Waals surface area (Å²) in [6.45, 7) is 24.2. The molecule has 5 fully saturated rings. The highest BCUT2D eigenvalue weighted by Gasteiger charge is 2.70. The third kappa shape index (κ3) is 5.29. The summed E-state index contributed by atoms with van der Waals surface area (Å²) in [6.07, 6.45) is 17.1. The molecular formula is C39H67NO4. The first kappa shape index (κ1) is 34.2. The second kappa shape index (κ2) is 11.9. The standard InChI is InChI=1S/C39H67NO4/c1-10-40(11-2)25-13-20-39-19-12-14-28(39)27-15-16-30-36(7)21-18-31(44-32(41)26-34(3,4)33(42)43)35(5,6)29(36)17-22-38(30,9)37(27,8)23-24-39/h27-31H,10-26H2,1-9H3,(H,42,43)/t27-,28-,29?,30?,31+,36+,37-,38-,39+/m1/s1. The molecule has 5 rings (SSSR count). The quantitative estimate of drug-likeness (QED) is 0.249. The Morgan fingerprint density at radius 2 is 1.52 bits per heavy atom. The molecule has 0 heterocycles. The van der Waals surface area contributed by atoms with Gasteiger partial charge in [0.05, 0.1) is 11.8 Å². The lowest BCUT2D eigenvalue weighted by Crippen LogP contribution is -2.66. The Bertz CT molecular complexity index is 1080. The van der Waals surface area contributed by atoms with E-state index in [9.17, 15) is 14.7 Å². The number of hydrogen-bond donors (Lipinski definition) is 1. The maximum Gasteiger partial charge on any atom is 0.309 e. The van der Waals surface area contributed by atoms with E-state index >= 15 is 0 Å². The third-order valence-corrected chi connectivity index (χ3v) is 16.0. The molecule has 0 aromatic carbocycles. The van der Waals surface area contributed by atoms with Gasteiger partial charge in [-0.15, -0.1) is 0 Å². The van der Waals surface area contributed by atoms with Crippen LogP contribution in [-0.2, 0) is 14.3 Å². The molecule has 1 N–H and O–H groups in total. The zero-order valence-corrected chi connectivity index (χ0v) is 30.0. The lowest BCUT2D eigenvalue weighted by molar-refractivity contribution is -0.249. The molecule has 2 unspecified atom stereocenters. The van der Waals surface area contributed by atoms with Crippen molar-refractivity contribution in [1.82, 2.24) is 4.90 Å². The number of rotatable bonds is 10. The van der Waals surface area contributed by atoms with Crippen molar-refractivity contribution < 1.29 is 19.4 Å². The molecule has 9 atom stereocenters. The average Bonchev–Trinajstić information content (AvgIpc) is 3.37. The van der Waals surface area contributed by atoms with Gasteiger partial charge in [-0.05, 0) is 156 Å². The molecule has 0 amide bonds. The van der Waals surface area contributed by atoms with Crippen molar-refractivity contribution in [2.45, 2.75) is 158 Å². The Morgan fingerprint density at radius 1 is 0.818 bits per heavy atom. The Kier molecular flexibility index (Phi) is 9.22. The minimum atomic E-state index is -1.10. The van der Waals surface area contributed by atoms with E-state index in [1.165, 1.54) is 90.3 Å². The van der Waals surface area contributed by atoms with Crippen LogP contribution in [0.2, 0.25) is 0 Å². The molecule has 5 saturated carbocycles. The number of ether oxygens (including phenoxy) is 1. The molecule has 0 spiro atoms. The number of esters is 1. The number of carboxylic acid groups (broad SMARTS) is 1. The molecule has 5 heteroatoms. The lowest BCUT2D eigenvalue weighted by Gasteiger charge is -2.72. The fourth-order valence-electron chi connectivity index (χ4n) is 13.2. The summed E-state index contributed by atoms with van der Waals surface area (Å²) in [5, 5.41) is 9.56. The van der Waals surface area contributed by atoms with Crippen molar-refractivity contribution in [1.29, 1.82) is 0 Å². The van der Waals surface area contributed by atoms with Crippen molar-refractivity contribution in [3.8, 4) is 0 Å². The van der Waals surface area contributed by atoms with Crippen LogP contribution in [0.1, 0.15) is 152 Å². The topological polar surface area (TPSA) is 66.8 Å². The van der Waals surface area contributed by atoms with E-state index in [-0.39, 0.29) is 29.3 Å². The summed E-state index contributed by atoms with van der Waals surface area (Å²) < 4.78 is 6.17. The van der Waals surface area contributed by atoms with Crippen molar-refractivity contribution in [2.24, 2.45) is 56.2 Å². The fourth-order valence-corrected chi connectivity index (χ4v) is 13.2. The number of aliphatic carboxylic acids is 1. The molecule has 5 aliphatic carbocycles. The molecule has 5 aliphatic rings. The highest BCUT2D eigenvalue weighted by atomic mass is 16.5. The molecule has 252 valence electrons. The summed E-state index contributed by atoms with van der Waals surface area (Å²) in [4.78, 5) is 27.3. The van der Waals surface area contributed by atoms with Gasteiger partial charge in [0, 0.05) is 5.41 Å². The number of fused-ring (bicyclic) bond motifs is 7. The maximum atomic E-state index is 13.0. The van der Waals surface area contributed by atoms with Gasteiger partial charge in [-0.3, -0.25) is 9.59 Å². The van der Waals surface area contributed by atoms with E-state index < -0.39 is 11.4 Å². The van der Waals surface area contributed by atoms with Crippen LogP contribution < -0.4 is 0 Å². The number of hydrogen-bond acceptors (Lipinski definition) is 4. The van der Waals surface area contributed by atoms with E-state index in [0.717, 1.165) is 24.7 Å². The van der Waals surface area contributed by atoms with Crippen molar-refractivity contribution in [3.63, 3.8) is 0 Å². The van der Waals surface area contributed by atoms with Crippen LogP contribution in [0, 0.1) is 56.2 Å². The van der Waals surface area contributed by atoms with Gasteiger partial charge < -0.3 is 14.7 Å². The second-order valence-corrected chi connectivity index (χ2v) is 18.4. The van der Waals surface area contributed by atoms with E-state index in [4.69, 9.17) is 4.74 Å². The summed E-state index contributed by atoms with van der Waals surface area (Å²) >= 11 is 0. The molecule has 0 aliphatic heterocycles. The normalized spacial score (nSPS) is 43.0. The maximum absolute atomic E-state index is 13.0. The summed E-state index contributed by atoms with van der Waals surface area (Å²) in [5.74, 6) is 1.72. The molecule has 44 heavy (non-hydrogen) atoms. The van der Waals surface area contributed by atoms with Crippen molar-refractivity contribution in [3.05, 3.63) is 0 Å². The lowest BCUT2D eigenvalue weighted by atomic mass is 9.32. The molecule has 0 bridgehead atoms. The van der Waals surface area contributed by atoms with E-state index in [0.29, 0.717) is 28.1 Å². The Balaban J connectivity index is 1.33. The van der Waals surface area contributed by atoms with Crippen LogP contribution in [0.5, 0.6) is 0 Å². The van der Waals surface area contributed by atoms with Gasteiger partial charge in [0.2, 0.25) is 0 Å². The minimum absolute atomic E-state index is 0.0740. The Hall–Kier alpha value is -1.10. The van der Waals surface area contributed by atoms with Gasteiger partial charge in [0.15, 0.2) is 0 Å². The van der Waals surface area contributed by atoms with Gasteiger partial charge in [-0.25, -0.2) is 0 Å². The first-order chi connectivity index (χ1) is 20.5. The molecule has 0 aromatic rings. The molecule has 5 nitrogen and oxygen atoms in total. The molecular weight excluding hydrogens is 546 g/mol. The first-order valence-corrected chi connectivity index (χ1v) is 18.7. The zero-order valence-electron chi connectivity index (χ0n) is 30.0. The van der Waals surface area contributed by atoms with Crippen LogP contribution in [0.15, 0.2) is 0 Å². The van der Waals surface area contributed by atoms with E-state index in [2.05, 4.69) is 53.4 Å². The molecule has 0 aromatic heterocycles. The number of carboxylic acids is 1. The number of carbonyl (C=O) groups excluding carboxylic acids is 1. The number of carbonyl (C=O) groups is 2. The molecule has 0 saturated heterocycles. The highest BCUT2D eigenvalue weighted by Crippen LogP contribution is 2.77. The summed E-state index contributed by atoms with van der Waals surface area (Å²) in [7, 11) is 0. The third-order valence-electron chi connectivity index (χ3n) is 16.0. The monoisotopic (exact) mass is 614 g/mol. The van der Waals surface area contributed by atoms with Crippen LogP contribution >= 0.6 is 0 Å². The predicted octanol–water partition coefficient (Wildman–Crippen LogP) is 9.38. The van der Waals surface area contributed by atoms with Gasteiger partial charge in [-0.1, -0.05) is 54.9 Å². The minimum Gasteiger partial charge on any atom is -0.481 e. The van der Waals surface area contributed by atoms with Gasteiger partial charge in [0.25, 0.3) is 0 Å².